The van der Waals surface area contributed by atoms with E-state index in [1.807, 2.05) is 6.92 Å². The largest absolute Gasteiger partial charge is 0.342 e. The Morgan fingerprint density at radius 3 is 2.93 bits per heavy atom. The molecule has 0 fully saturated rings. The Bertz CT molecular complexity index is 519. The highest BCUT2D eigenvalue weighted by molar-refractivity contribution is 7.71. The van der Waals surface area contributed by atoms with Crippen LogP contribution < -0.4 is 5.69 Å². The number of hydrogen-bond donors (Lipinski definition) is 2. The van der Waals surface area contributed by atoms with Crippen molar-refractivity contribution in [2.24, 2.45) is 0 Å². The Kier molecular flexibility index (Phi) is 2.34. The number of rotatable bonds is 2. The van der Waals surface area contributed by atoms with Crippen LogP contribution in [0.15, 0.2) is 10.3 Å². The highest BCUT2D eigenvalue weighted by Gasteiger charge is 2.05. The second kappa shape index (κ2) is 3.50. The lowest BCUT2D eigenvalue weighted by Gasteiger charge is -1.97. The van der Waals surface area contributed by atoms with E-state index in [0.717, 1.165) is 10.6 Å². The highest BCUT2D eigenvalue weighted by atomic mass is 32.1. The van der Waals surface area contributed by atoms with Crippen molar-refractivity contribution < 1.29 is 0 Å². The average Bonchev–Trinajstić information content (AvgIpc) is 2.67. The monoisotopic (exact) mass is 228 g/mol. The lowest BCUT2D eigenvalue weighted by molar-refractivity contribution is 0.755. The van der Waals surface area contributed by atoms with Gasteiger partial charge in [0.1, 0.15) is 0 Å². The van der Waals surface area contributed by atoms with Gasteiger partial charge in [0.05, 0.1) is 17.7 Å². The first kappa shape index (κ1) is 9.35. The summed E-state index contributed by atoms with van der Waals surface area (Å²) in [5.41, 5.74) is 2.48. The third-order valence-electron chi connectivity index (χ3n) is 1.91. The van der Waals surface area contributed by atoms with Crippen LogP contribution in [-0.2, 0) is 6.54 Å². The summed E-state index contributed by atoms with van der Waals surface area (Å²) in [6.07, 6.45) is 0. The molecule has 0 bridgehead atoms. The number of aryl methyl sites for hydroxylation is 1. The molecule has 0 spiro atoms. The first-order valence-electron chi connectivity index (χ1n) is 3.95. The molecule has 0 radical (unpaired) electrons. The lowest BCUT2D eigenvalue weighted by atomic mass is 10.4. The van der Waals surface area contributed by atoms with E-state index in [4.69, 9.17) is 12.2 Å². The van der Waals surface area contributed by atoms with Crippen LogP contribution in [0.5, 0.6) is 0 Å². The molecule has 2 N–H and O–H groups in total. The molecule has 0 saturated carbocycles. The van der Waals surface area contributed by atoms with Crippen LogP contribution >= 0.6 is 23.6 Å². The molecule has 0 saturated heterocycles. The maximum absolute atomic E-state index is 11.3. The molecule has 7 heteroatoms. The van der Waals surface area contributed by atoms with Crippen molar-refractivity contribution in [2.45, 2.75) is 13.5 Å². The Labute approximate surface area is 88.4 Å². The minimum atomic E-state index is -0.220. The van der Waals surface area contributed by atoms with Gasteiger partial charge in [0.25, 0.3) is 0 Å². The van der Waals surface area contributed by atoms with Gasteiger partial charge in [0, 0.05) is 4.88 Å². The second-order valence-corrected chi connectivity index (χ2v) is 4.13. The van der Waals surface area contributed by atoms with Gasteiger partial charge in [-0.1, -0.05) is 0 Å². The van der Waals surface area contributed by atoms with Gasteiger partial charge >= 0.3 is 5.69 Å². The molecule has 5 nitrogen and oxygen atoms in total. The van der Waals surface area contributed by atoms with Crippen molar-refractivity contribution >= 4 is 23.6 Å². The summed E-state index contributed by atoms with van der Waals surface area (Å²) < 4.78 is 1.87. The van der Waals surface area contributed by atoms with Crippen molar-refractivity contribution in [3.63, 3.8) is 0 Å². The van der Waals surface area contributed by atoms with Crippen molar-refractivity contribution in [3.8, 4) is 0 Å². The van der Waals surface area contributed by atoms with Crippen LogP contribution in [0.4, 0.5) is 0 Å². The molecule has 2 aromatic heterocycles. The molecule has 0 aromatic carbocycles. The summed E-state index contributed by atoms with van der Waals surface area (Å²) in [6, 6.07) is 0. The molecule has 0 atom stereocenters. The number of nitrogens with zero attached hydrogens (tertiary/aromatic N) is 2. The lowest BCUT2D eigenvalue weighted by Crippen LogP contribution is -2.17. The van der Waals surface area contributed by atoms with Crippen molar-refractivity contribution in [1.29, 1.82) is 0 Å². The zero-order chi connectivity index (χ0) is 10.1. The molecule has 74 valence electrons. The molecule has 0 aliphatic rings. The standard InChI is InChI=1S/C7H8N4OS2/c1-4-5(14-3-8-4)2-11-6(12)9-10-7(11)13/h3H,2H2,1H3,(H,9,12)(H,10,13). The van der Waals surface area contributed by atoms with E-state index in [0.29, 0.717) is 11.3 Å². The summed E-state index contributed by atoms with van der Waals surface area (Å²) in [5.74, 6) is 0. The van der Waals surface area contributed by atoms with Gasteiger partial charge in [-0.05, 0) is 19.1 Å². The number of hydrogen-bond acceptors (Lipinski definition) is 4. The molecular formula is C7H8N4OS2. The number of H-pyrrole nitrogens is 2. The summed E-state index contributed by atoms with van der Waals surface area (Å²) >= 11 is 6.47. The maximum atomic E-state index is 11.3. The number of thiazole rings is 1. The predicted octanol–water partition coefficient (Wildman–Crippen LogP) is 1.05. The van der Waals surface area contributed by atoms with Crippen LogP contribution in [0.2, 0.25) is 0 Å². The van der Waals surface area contributed by atoms with Gasteiger partial charge in [-0.15, -0.1) is 11.3 Å². The predicted molar refractivity (Wildman–Crippen MR) is 56.2 cm³/mol. The van der Waals surface area contributed by atoms with Crippen molar-refractivity contribution in [3.05, 3.63) is 31.3 Å². The fraction of sp³-hybridized carbons (Fsp3) is 0.286. The molecule has 14 heavy (non-hydrogen) atoms. The molecule has 0 aliphatic carbocycles. The summed E-state index contributed by atoms with van der Waals surface area (Å²) in [4.78, 5) is 16.4. The number of aromatic amines is 2. The highest BCUT2D eigenvalue weighted by Crippen LogP contribution is 2.12. The van der Waals surface area contributed by atoms with Gasteiger partial charge in [0.15, 0.2) is 4.77 Å². The third-order valence-corrected chi connectivity index (χ3v) is 3.16. The molecule has 2 rings (SSSR count). The van der Waals surface area contributed by atoms with Gasteiger partial charge in [-0.2, -0.15) is 0 Å². The minimum absolute atomic E-state index is 0.220. The smallest absolute Gasteiger partial charge is 0.272 e. The van der Waals surface area contributed by atoms with E-state index in [2.05, 4.69) is 15.2 Å². The van der Waals surface area contributed by atoms with Gasteiger partial charge in [-0.3, -0.25) is 9.67 Å². The van der Waals surface area contributed by atoms with Gasteiger partial charge < -0.3 is 0 Å². The summed E-state index contributed by atoms with van der Waals surface area (Å²) in [7, 11) is 0. The molecule has 2 heterocycles. The maximum Gasteiger partial charge on any atom is 0.342 e. The zero-order valence-corrected chi connectivity index (χ0v) is 9.04. The van der Waals surface area contributed by atoms with Gasteiger partial charge in [0.2, 0.25) is 0 Å². The number of aromatic nitrogens is 4. The van der Waals surface area contributed by atoms with Crippen LogP contribution in [0.3, 0.4) is 0 Å². The topological polar surface area (TPSA) is 66.5 Å². The number of nitrogens with one attached hydrogen (secondary N) is 2. The van der Waals surface area contributed by atoms with E-state index in [1.54, 1.807) is 5.51 Å². The third kappa shape index (κ3) is 1.55. The van der Waals surface area contributed by atoms with Crippen LogP contribution in [0.25, 0.3) is 0 Å². The van der Waals surface area contributed by atoms with Crippen LogP contribution in [-0.4, -0.2) is 19.7 Å². The molecule has 0 unspecified atom stereocenters. The van der Waals surface area contributed by atoms with E-state index in [-0.39, 0.29) is 5.69 Å². The Balaban J connectivity index is 2.41. The quantitative estimate of drug-likeness (QED) is 0.755. The van der Waals surface area contributed by atoms with E-state index < -0.39 is 0 Å². The van der Waals surface area contributed by atoms with E-state index in [1.165, 1.54) is 15.9 Å². The summed E-state index contributed by atoms with van der Waals surface area (Å²) in [6.45, 7) is 2.39. The van der Waals surface area contributed by atoms with Crippen molar-refractivity contribution in [2.75, 3.05) is 0 Å². The second-order valence-electron chi connectivity index (χ2n) is 2.81. The first-order chi connectivity index (χ1) is 6.68. The Hall–Kier alpha value is -1.21. The Morgan fingerprint density at radius 1 is 1.64 bits per heavy atom. The fourth-order valence-corrected chi connectivity index (χ4v) is 2.06. The summed E-state index contributed by atoms with van der Waals surface area (Å²) in [5, 5.41) is 5.02. The molecule has 0 aliphatic heterocycles. The molecule has 2 aromatic rings. The Morgan fingerprint density at radius 2 is 2.43 bits per heavy atom. The molecule has 0 amide bonds. The van der Waals surface area contributed by atoms with E-state index in [9.17, 15) is 4.79 Å². The fourth-order valence-electron chi connectivity index (χ4n) is 1.10. The normalized spacial score (nSPS) is 10.6. The first-order valence-corrected chi connectivity index (χ1v) is 5.23. The van der Waals surface area contributed by atoms with Crippen LogP contribution in [0, 0.1) is 11.7 Å². The van der Waals surface area contributed by atoms with Crippen LogP contribution in [0.1, 0.15) is 10.6 Å². The minimum Gasteiger partial charge on any atom is -0.272 e. The van der Waals surface area contributed by atoms with E-state index >= 15 is 0 Å². The van der Waals surface area contributed by atoms with Crippen molar-refractivity contribution in [1.82, 2.24) is 19.7 Å². The molecular weight excluding hydrogens is 220 g/mol. The zero-order valence-electron chi connectivity index (χ0n) is 7.40. The SMILES string of the molecule is Cc1ncsc1Cn1c(=O)[nH][nH]c1=S. The average molecular weight is 228 g/mol. The van der Waals surface area contributed by atoms with Gasteiger partial charge in [-0.25, -0.2) is 14.9 Å².